The first-order valence-corrected chi connectivity index (χ1v) is 7.45. The molecular weight excluding hydrogens is 369 g/mol. The van der Waals surface area contributed by atoms with Crippen LogP contribution < -0.4 is 5.73 Å². The Kier molecular flexibility index (Phi) is 4.36. The van der Waals surface area contributed by atoms with Crippen molar-refractivity contribution in [1.29, 1.82) is 0 Å². The van der Waals surface area contributed by atoms with Gasteiger partial charge < -0.3 is 5.73 Å². The average molecular weight is 379 g/mol. The van der Waals surface area contributed by atoms with Crippen LogP contribution in [-0.2, 0) is 6.42 Å². The smallest absolute Gasteiger partial charge is 0.124 e. The van der Waals surface area contributed by atoms with E-state index in [-0.39, 0.29) is 11.9 Å². The molecule has 1 aromatic carbocycles. The summed E-state index contributed by atoms with van der Waals surface area (Å²) in [5.41, 5.74) is 6.88. The maximum atomic E-state index is 13.2. The van der Waals surface area contributed by atoms with Crippen LogP contribution in [0.2, 0.25) is 0 Å². The Bertz CT molecular complexity index is 507. The van der Waals surface area contributed by atoms with E-state index in [9.17, 15) is 4.39 Å². The molecule has 1 atom stereocenters. The van der Waals surface area contributed by atoms with Gasteiger partial charge in [0, 0.05) is 31.7 Å². The molecular formula is C12H10Br2FNS. The zero-order valence-corrected chi connectivity index (χ0v) is 12.8. The molecule has 0 saturated heterocycles. The first-order chi connectivity index (χ1) is 8.04. The quantitative estimate of drug-likeness (QED) is 0.826. The van der Waals surface area contributed by atoms with E-state index in [1.807, 2.05) is 17.5 Å². The summed E-state index contributed by atoms with van der Waals surface area (Å²) in [6.45, 7) is 0. The van der Waals surface area contributed by atoms with Gasteiger partial charge in [-0.3, -0.25) is 0 Å². The summed E-state index contributed by atoms with van der Waals surface area (Å²) < 4.78 is 15.0. The zero-order valence-electron chi connectivity index (χ0n) is 8.79. The van der Waals surface area contributed by atoms with E-state index in [2.05, 4.69) is 31.9 Å². The van der Waals surface area contributed by atoms with Gasteiger partial charge in [-0.2, -0.15) is 0 Å². The molecule has 2 aromatic rings. The minimum atomic E-state index is -0.266. The van der Waals surface area contributed by atoms with Gasteiger partial charge in [-0.1, -0.05) is 15.9 Å². The molecule has 90 valence electrons. The fourth-order valence-corrected chi connectivity index (χ4v) is 3.58. The predicted molar refractivity (Wildman–Crippen MR) is 76.8 cm³/mol. The van der Waals surface area contributed by atoms with Gasteiger partial charge in [0.05, 0.1) is 0 Å². The number of thiophene rings is 1. The summed E-state index contributed by atoms with van der Waals surface area (Å²) in [6, 6.07) is 6.62. The lowest BCUT2D eigenvalue weighted by atomic mass is 10.0. The van der Waals surface area contributed by atoms with E-state index in [1.54, 1.807) is 11.3 Å². The van der Waals surface area contributed by atoms with Crippen molar-refractivity contribution in [3.8, 4) is 0 Å². The molecule has 1 aromatic heterocycles. The van der Waals surface area contributed by atoms with Crippen LogP contribution in [0.4, 0.5) is 4.39 Å². The molecule has 1 unspecified atom stereocenters. The average Bonchev–Trinajstić information content (AvgIpc) is 2.62. The van der Waals surface area contributed by atoms with Crippen LogP contribution in [0, 0.1) is 5.82 Å². The van der Waals surface area contributed by atoms with E-state index in [0.29, 0.717) is 6.42 Å². The second-order valence-corrected chi connectivity index (χ2v) is 6.57. The lowest BCUT2D eigenvalue weighted by molar-refractivity contribution is 0.618. The minimum Gasteiger partial charge on any atom is -0.324 e. The molecule has 0 radical (unpaired) electrons. The van der Waals surface area contributed by atoms with E-state index in [4.69, 9.17) is 5.73 Å². The molecule has 0 fully saturated rings. The molecule has 1 nitrogen and oxygen atoms in total. The highest BCUT2D eigenvalue weighted by atomic mass is 79.9. The summed E-state index contributed by atoms with van der Waals surface area (Å²) in [5.74, 6) is -0.266. The van der Waals surface area contributed by atoms with Crippen LogP contribution in [0.3, 0.4) is 0 Å². The predicted octanol–water partition coefficient (Wildman–Crippen LogP) is 4.65. The maximum Gasteiger partial charge on any atom is 0.124 e. The molecule has 0 aliphatic rings. The molecule has 0 saturated carbocycles. The Morgan fingerprint density at radius 3 is 2.53 bits per heavy atom. The SMILES string of the molecule is NC(Cc1cc(Br)cs1)c1cc(F)cc(Br)c1. The normalized spacial score (nSPS) is 12.7. The first-order valence-electron chi connectivity index (χ1n) is 4.99. The van der Waals surface area contributed by atoms with Gasteiger partial charge in [0.2, 0.25) is 0 Å². The second kappa shape index (κ2) is 5.61. The molecule has 17 heavy (non-hydrogen) atoms. The van der Waals surface area contributed by atoms with Crippen molar-refractivity contribution in [2.24, 2.45) is 5.73 Å². The summed E-state index contributed by atoms with van der Waals surface area (Å²) in [4.78, 5) is 1.18. The van der Waals surface area contributed by atoms with Crippen molar-refractivity contribution >= 4 is 43.2 Å². The Morgan fingerprint density at radius 2 is 1.94 bits per heavy atom. The maximum absolute atomic E-state index is 13.2. The molecule has 0 aliphatic heterocycles. The van der Waals surface area contributed by atoms with Crippen molar-refractivity contribution in [3.63, 3.8) is 0 Å². The molecule has 0 spiro atoms. The van der Waals surface area contributed by atoms with Crippen molar-refractivity contribution < 1.29 is 4.39 Å². The van der Waals surface area contributed by atoms with Gasteiger partial charge in [-0.05, 0) is 45.8 Å². The second-order valence-electron chi connectivity index (χ2n) is 3.74. The highest BCUT2D eigenvalue weighted by Crippen LogP contribution is 2.26. The van der Waals surface area contributed by atoms with Crippen LogP contribution in [0.5, 0.6) is 0 Å². The van der Waals surface area contributed by atoms with Gasteiger partial charge in [0.1, 0.15) is 5.82 Å². The lowest BCUT2D eigenvalue weighted by Crippen LogP contribution is -2.13. The number of halogens is 3. The molecule has 2 N–H and O–H groups in total. The largest absolute Gasteiger partial charge is 0.324 e. The van der Waals surface area contributed by atoms with Crippen molar-refractivity contribution in [1.82, 2.24) is 0 Å². The minimum absolute atomic E-state index is 0.187. The standard InChI is InChI=1S/C12H10Br2FNS/c13-8-1-7(2-10(15)3-8)12(16)5-11-4-9(14)6-17-11/h1-4,6,12H,5,16H2. The van der Waals surface area contributed by atoms with Gasteiger partial charge in [-0.25, -0.2) is 4.39 Å². The Balaban J connectivity index is 2.16. The fraction of sp³-hybridized carbons (Fsp3) is 0.167. The number of hydrogen-bond acceptors (Lipinski definition) is 2. The van der Waals surface area contributed by atoms with E-state index >= 15 is 0 Å². The monoisotopic (exact) mass is 377 g/mol. The molecule has 2 rings (SSSR count). The van der Waals surface area contributed by atoms with E-state index in [1.165, 1.54) is 17.0 Å². The van der Waals surface area contributed by atoms with Crippen molar-refractivity contribution in [2.45, 2.75) is 12.5 Å². The van der Waals surface area contributed by atoms with Crippen LogP contribution >= 0.6 is 43.2 Å². The van der Waals surface area contributed by atoms with Crippen molar-refractivity contribution in [2.75, 3.05) is 0 Å². The lowest BCUT2D eigenvalue weighted by Gasteiger charge is -2.11. The topological polar surface area (TPSA) is 26.0 Å². The molecule has 0 amide bonds. The number of nitrogens with two attached hydrogens (primary N) is 1. The number of rotatable bonds is 3. The van der Waals surface area contributed by atoms with Gasteiger partial charge >= 0.3 is 0 Å². The summed E-state index contributed by atoms with van der Waals surface area (Å²) in [7, 11) is 0. The third-order valence-electron chi connectivity index (χ3n) is 2.36. The van der Waals surface area contributed by atoms with E-state index in [0.717, 1.165) is 14.5 Å². The summed E-state index contributed by atoms with van der Waals surface area (Å²) in [5, 5.41) is 2.02. The van der Waals surface area contributed by atoms with Crippen LogP contribution in [-0.4, -0.2) is 0 Å². The first kappa shape index (κ1) is 13.2. The third-order valence-corrected chi connectivity index (χ3v) is 4.53. The molecule has 0 bridgehead atoms. The van der Waals surface area contributed by atoms with Gasteiger partial charge in [-0.15, -0.1) is 11.3 Å². The summed E-state index contributed by atoms with van der Waals surface area (Å²) in [6.07, 6.45) is 0.714. The van der Waals surface area contributed by atoms with Crippen LogP contribution in [0.15, 0.2) is 38.6 Å². The number of hydrogen-bond donors (Lipinski definition) is 1. The van der Waals surface area contributed by atoms with Gasteiger partial charge in [0.25, 0.3) is 0 Å². The Hall–Kier alpha value is -0.230. The summed E-state index contributed by atoms with van der Waals surface area (Å²) >= 11 is 8.32. The highest BCUT2D eigenvalue weighted by molar-refractivity contribution is 9.10. The Labute approximate surface area is 120 Å². The van der Waals surface area contributed by atoms with Gasteiger partial charge in [0.15, 0.2) is 0 Å². The molecule has 0 aliphatic carbocycles. The zero-order chi connectivity index (χ0) is 12.4. The van der Waals surface area contributed by atoms with Crippen LogP contribution in [0.1, 0.15) is 16.5 Å². The molecule has 1 heterocycles. The molecule has 5 heteroatoms. The fourth-order valence-electron chi connectivity index (χ4n) is 1.58. The van der Waals surface area contributed by atoms with E-state index < -0.39 is 0 Å². The third kappa shape index (κ3) is 3.61. The Morgan fingerprint density at radius 1 is 1.18 bits per heavy atom. The highest BCUT2D eigenvalue weighted by Gasteiger charge is 2.10. The van der Waals surface area contributed by atoms with Crippen LogP contribution in [0.25, 0.3) is 0 Å². The van der Waals surface area contributed by atoms with Crippen molar-refractivity contribution in [3.05, 3.63) is 54.8 Å². The number of benzene rings is 1.